The minimum atomic E-state index is -0.239. The van der Waals surface area contributed by atoms with E-state index in [-0.39, 0.29) is 11.9 Å². The molecule has 0 aliphatic rings. The number of aryl methyl sites for hydroxylation is 1. The third-order valence-electron chi connectivity index (χ3n) is 5.33. The summed E-state index contributed by atoms with van der Waals surface area (Å²) in [7, 11) is 3.86. The van der Waals surface area contributed by atoms with E-state index in [0.717, 1.165) is 27.8 Å². The highest BCUT2D eigenvalue weighted by atomic mass is 35.5. The Bertz CT molecular complexity index is 1290. The van der Waals surface area contributed by atoms with Crippen LogP contribution in [0.2, 0.25) is 5.15 Å². The third-order valence-corrected chi connectivity index (χ3v) is 5.55. The van der Waals surface area contributed by atoms with Crippen LogP contribution in [-0.2, 0) is 0 Å². The number of nitrogens with one attached hydrogen (secondary N) is 2. The fourth-order valence-electron chi connectivity index (χ4n) is 3.45. The van der Waals surface area contributed by atoms with Gasteiger partial charge in [0.25, 0.3) is 5.91 Å². The maximum atomic E-state index is 12.4. The highest BCUT2D eigenvalue weighted by Crippen LogP contribution is 2.28. The zero-order valence-electron chi connectivity index (χ0n) is 18.9. The summed E-state index contributed by atoms with van der Waals surface area (Å²) >= 11 is 5.79. The van der Waals surface area contributed by atoms with Crippen LogP contribution >= 0.6 is 11.6 Å². The number of pyridine rings is 1. The Morgan fingerprint density at radius 3 is 2.45 bits per heavy atom. The largest absolute Gasteiger partial charge is 0.363 e. The Hall–Kier alpha value is -3.71. The summed E-state index contributed by atoms with van der Waals surface area (Å²) < 4.78 is 0. The Morgan fingerprint density at radius 2 is 1.79 bits per heavy atom. The molecule has 0 aliphatic heterocycles. The molecule has 2 aromatic heterocycles. The lowest BCUT2D eigenvalue weighted by Crippen LogP contribution is -2.16. The molecule has 7 nitrogen and oxygen atoms in total. The number of amides is 1. The molecule has 8 heteroatoms. The molecule has 4 rings (SSSR count). The topological polar surface area (TPSA) is 83.0 Å². The number of hydrogen-bond acceptors (Lipinski definition) is 6. The maximum absolute atomic E-state index is 12.4. The Kier molecular flexibility index (Phi) is 6.42. The van der Waals surface area contributed by atoms with Crippen LogP contribution in [0, 0.1) is 6.92 Å². The van der Waals surface area contributed by atoms with Crippen LogP contribution in [0.5, 0.6) is 0 Å². The monoisotopic (exact) mass is 460 g/mol. The molecule has 0 aliphatic carbocycles. The molecule has 0 saturated carbocycles. The molecular formula is C25H25ClN6O. The molecule has 168 valence electrons. The van der Waals surface area contributed by atoms with Crippen LogP contribution in [0.4, 0.5) is 17.5 Å². The van der Waals surface area contributed by atoms with Gasteiger partial charge in [0.1, 0.15) is 11.0 Å². The van der Waals surface area contributed by atoms with E-state index in [2.05, 4.69) is 35.5 Å². The average molecular weight is 461 g/mol. The molecule has 1 atom stereocenters. The number of halogens is 1. The predicted molar refractivity (Wildman–Crippen MR) is 134 cm³/mol. The Balaban J connectivity index is 1.53. The van der Waals surface area contributed by atoms with Crippen molar-refractivity contribution >= 4 is 45.9 Å². The van der Waals surface area contributed by atoms with Crippen molar-refractivity contribution in [1.29, 1.82) is 0 Å². The average Bonchev–Trinajstić information content (AvgIpc) is 2.80. The van der Waals surface area contributed by atoms with Crippen LogP contribution in [0.25, 0.3) is 10.9 Å². The van der Waals surface area contributed by atoms with Crippen LogP contribution in [0.3, 0.4) is 0 Å². The quantitative estimate of drug-likeness (QED) is 0.371. The molecule has 0 unspecified atom stereocenters. The smallest absolute Gasteiger partial charge is 0.257 e. The number of hydrogen-bond donors (Lipinski definition) is 2. The molecule has 0 spiro atoms. The first kappa shape index (κ1) is 22.5. The number of rotatable bonds is 6. The number of aromatic nitrogens is 3. The highest BCUT2D eigenvalue weighted by Gasteiger charge is 2.14. The fourth-order valence-corrected chi connectivity index (χ4v) is 3.56. The molecule has 2 N–H and O–H groups in total. The summed E-state index contributed by atoms with van der Waals surface area (Å²) in [5.74, 6) is 1.20. The summed E-state index contributed by atoms with van der Waals surface area (Å²) in [5, 5.41) is 7.73. The van der Waals surface area contributed by atoms with Crippen molar-refractivity contribution in [1.82, 2.24) is 15.0 Å². The second-order valence-corrected chi connectivity index (χ2v) is 8.44. The first-order valence-electron chi connectivity index (χ1n) is 10.6. The lowest BCUT2D eigenvalue weighted by Gasteiger charge is -2.19. The normalized spacial score (nSPS) is 11.8. The van der Waals surface area contributed by atoms with Gasteiger partial charge in [-0.1, -0.05) is 35.9 Å². The van der Waals surface area contributed by atoms with Crippen LogP contribution in [0.15, 0.2) is 60.8 Å². The van der Waals surface area contributed by atoms with Gasteiger partial charge in [0, 0.05) is 37.4 Å². The van der Waals surface area contributed by atoms with E-state index in [9.17, 15) is 4.79 Å². The van der Waals surface area contributed by atoms with E-state index in [0.29, 0.717) is 22.4 Å². The van der Waals surface area contributed by atoms with Crippen molar-refractivity contribution in [2.75, 3.05) is 29.6 Å². The van der Waals surface area contributed by atoms with Gasteiger partial charge in [-0.05, 0) is 55.3 Å². The summed E-state index contributed by atoms with van der Waals surface area (Å²) in [4.78, 5) is 27.7. The van der Waals surface area contributed by atoms with Gasteiger partial charge in [-0.25, -0.2) is 9.97 Å². The second-order valence-electron chi connectivity index (χ2n) is 8.05. The standard InChI is InChI=1S/C25H25ClN6O/c1-15-6-5-7-20-22(15)30-25(32(3)4)31-23(20)28-16(2)17-8-11-19(12-9-17)29-24(33)18-10-13-21(26)27-14-18/h5-14,16H,1-4H3,(H,29,33)(H,28,30,31)/t16-/m0/s1. The molecule has 0 fully saturated rings. The molecule has 33 heavy (non-hydrogen) atoms. The van der Waals surface area contributed by atoms with Crippen molar-refractivity contribution < 1.29 is 4.79 Å². The third kappa shape index (κ3) is 5.04. The number of carbonyl (C=O) groups is 1. The highest BCUT2D eigenvalue weighted by molar-refractivity contribution is 6.29. The predicted octanol–water partition coefficient (Wildman–Crippen LogP) is 5.48. The first-order valence-corrected chi connectivity index (χ1v) is 10.9. The van der Waals surface area contributed by atoms with Gasteiger partial charge >= 0.3 is 0 Å². The number of fused-ring (bicyclic) bond motifs is 1. The van der Waals surface area contributed by atoms with E-state index in [4.69, 9.17) is 21.6 Å². The first-order chi connectivity index (χ1) is 15.8. The number of para-hydroxylation sites is 1. The van der Waals surface area contributed by atoms with Gasteiger partial charge in [-0.15, -0.1) is 0 Å². The minimum absolute atomic E-state index is 0.0103. The molecule has 4 aromatic rings. The van der Waals surface area contributed by atoms with Crippen molar-refractivity contribution in [3.05, 3.63) is 82.6 Å². The molecular weight excluding hydrogens is 436 g/mol. The SMILES string of the molecule is Cc1cccc2c(N[C@@H](C)c3ccc(NC(=O)c4ccc(Cl)nc4)cc3)nc(N(C)C)nc12. The van der Waals surface area contributed by atoms with Crippen molar-refractivity contribution in [3.8, 4) is 0 Å². The van der Waals surface area contributed by atoms with Gasteiger partial charge in [-0.2, -0.15) is 4.98 Å². The summed E-state index contributed by atoms with van der Waals surface area (Å²) in [5.41, 5.74) is 4.24. The Morgan fingerprint density at radius 1 is 1.03 bits per heavy atom. The minimum Gasteiger partial charge on any atom is -0.363 e. The van der Waals surface area contributed by atoms with Crippen LogP contribution in [0.1, 0.15) is 34.5 Å². The van der Waals surface area contributed by atoms with Gasteiger partial charge in [0.05, 0.1) is 11.1 Å². The van der Waals surface area contributed by atoms with Gasteiger partial charge in [0.15, 0.2) is 0 Å². The maximum Gasteiger partial charge on any atom is 0.257 e. The van der Waals surface area contributed by atoms with E-state index in [1.54, 1.807) is 12.1 Å². The van der Waals surface area contributed by atoms with Crippen molar-refractivity contribution in [2.45, 2.75) is 19.9 Å². The molecule has 0 saturated heterocycles. The number of nitrogens with zero attached hydrogens (tertiary/aromatic N) is 4. The molecule has 0 bridgehead atoms. The van der Waals surface area contributed by atoms with E-state index >= 15 is 0 Å². The zero-order chi connectivity index (χ0) is 23.5. The molecule has 2 aromatic carbocycles. The molecule has 2 heterocycles. The summed E-state index contributed by atoms with van der Waals surface area (Å²) in [6.45, 7) is 4.13. The summed E-state index contributed by atoms with van der Waals surface area (Å²) in [6, 6.07) is 17.0. The zero-order valence-corrected chi connectivity index (χ0v) is 19.7. The van der Waals surface area contributed by atoms with Crippen molar-refractivity contribution in [2.24, 2.45) is 0 Å². The van der Waals surface area contributed by atoms with Gasteiger partial charge < -0.3 is 15.5 Å². The number of benzene rings is 2. The van der Waals surface area contributed by atoms with Crippen LogP contribution < -0.4 is 15.5 Å². The van der Waals surface area contributed by atoms with Crippen molar-refractivity contribution in [3.63, 3.8) is 0 Å². The lowest BCUT2D eigenvalue weighted by molar-refractivity contribution is 0.102. The molecule has 0 radical (unpaired) electrons. The fraction of sp³-hybridized carbons (Fsp3) is 0.200. The summed E-state index contributed by atoms with van der Waals surface area (Å²) in [6.07, 6.45) is 1.45. The Labute approximate surface area is 197 Å². The van der Waals surface area contributed by atoms with E-state index < -0.39 is 0 Å². The van der Waals surface area contributed by atoms with E-state index in [1.807, 2.05) is 55.4 Å². The van der Waals surface area contributed by atoms with Crippen LogP contribution in [-0.4, -0.2) is 35.0 Å². The molecule has 1 amide bonds. The van der Waals surface area contributed by atoms with Gasteiger partial charge in [-0.3, -0.25) is 4.79 Å². The second kappa shape index (κ2) is 9.42. The van der Waals surface area contributed by atoms with E-state index in [1.165, 1.54) is 6.20 Å². The lowest BCUT2D eigenvalue weighted by atomic mass is 10.1. The van der Waals surface area contributed by atoms with Gasteiger partial charge in [0.2, 0.25) is 5.95 Å². The number of anilines is 3. The number of carbonyl (C=O) groups excluding carboxylic acids is 1.